The number of fused-ring (bicyclic) bond motifs is 2. The highest BCUT2D eigenvalue weighted by atomic mass is 19.1. The topological polar surface area (TPSA) is 58.1 Å². The molecule has 0 radical (unpaired) electrons. The summed E-state index contributed by atoms with van der Waals surface area (Å²) in [6.07, 6.45) is 2.27. The smallest absolute Gasteiger partial charge is 0.249 e. The van der Waals surface area contributed by atoms with Crippen molar-refractivity contribution < 1.29 is 9.18 Å². The molecule has 0 aliphatic carbocycles. The molecule has 1 aliphatic rings. The van der Waals surface area contributed by atoms with Gasteiger partial charge < -0.3 is 10.2 Å². The quantitative estimate of drug-likeness (QED) is 0.798. The molecule has 0 fully saturated rings. The van der Waals surface area contributed by atoms with Gasteiger partial charge in [0.05, 0.1) is 5.52 Å². The zero-order chi connectivity index (χ0) is 17.4. The lowest BCUT2D eigenvalue weighted by molar-refractivity contribution is -0.118. The molecular weight excluding hydrogens is 319 g/mol. The van der Waals surface area contributed by atoms with Gasteiger partial charge >= 0.3 is 0 Å². The molecule has 126 valence electrons. The third-order valence-electron chi connectivity index (χ3n) is 4.47. The van der Waals surface area contributed by atoms with Crippen molar-refractivity contribution in [3.8, 4) is 0 Å². The fraction of sp³-hybridized carbons (Fsp3) is 0.211. The molecule has 0 saturated carbocycles. The van der Waals surface area contributed by atoms with E-state index in [-0.39, 0.29) is 11.7 Å². The Bertz CT molecular complexity index is 959. The maximum absolute atomic E-state index is 13.6. The first-order valence-corrected chi connectivity index (χ1v) is 8.19. The number of nitrogens with zero attached hydrogens (tertiary/aromatic N) is 3. The molecule has 25 heavy (non-hydrogen) atoms. The summed E-state index contributed by atoms with van der Waals surface area (Å²) in [7, 11) is 0. The summed E-state index contributed by atoms with van der Waals surface area (Å²) in [6, 6.07) is 11.8. The van der Waals surface area contributed by atoms with Crippen molar-refractivity contribution in [2.75, 3.05) is 16.8 Å². The number of nitrogens with one attached hydrogen (secondary N) is 1. The van der Waals surface area contributed by atoms with E-state index in [1.807, 2.05) is 24.3 Å². The highest BCUT2D eigenvalue weighted by Crippen LogP contribution is 2.28. The highest BCUT2D eigenvalue weighted by Gasteiger charge is 2.28. The Morgan fingerprint density at radius 3 is 2.96 bits per heavy atom. The molecule has 1 atom stereocenters. The molecule has 1 aliphatic heterocycles. The Kier molecular flexibility index (Phi) is 3.80. The molecule has 3 aromatic rings. The van der Waals surface area contributed by atoms with Crippen LogP contribution in [0, 0.1) is 5.82 Å². The maximum Gasteiger partial charge on any atom is 0.249 e. The average Bonchev–Trinajstić information content (AvgIpc) is 3.05. The Balaban J connectivity index is 1.60. The number of hydrogen-bond donors (Lipinski definition) is 1. The van der Waals surface area contributed by atoms with Crippen molar-refractivity contribution in [2.45, 2.75) is 19.4 Å². The van der Waals surface area contributed by atoms with Crippen LogP contribution in [-0.4, -0.2) is 28.5 Å². The third-order valence-corrected chi connectivity index (χ3v) is 4.47. The number of aromatic nitrogens is 2. The van der Waals surface area contributed by atoms with Crippen molar-refractivity contribution in [3.63, 3.8) is 0 Å². The Morgan fingerprint density at radius 2 is 2.08 bits per heavy atom. The first-order valence-electron chi connectivity index (χ1n) is 8.19. The van der Waals surface area contributed by atoms with Gasteiger partial charge in [0.25, 0.3) is 0 Å². The molecule has 6 heteroatoms. The van der Waals surface area contributed by atoms with E-state index in [1.165, 1.54) is 24.0 Å². The van der Waals surface area contributed by atoms with Gasteiger partial charge in [0.15, 0.2) is 0 Å². The van der Waals surface area contributed by atoms with Gasteiger partial charge in [0.2, 0.25) is 5.91 Å². The minimum absolute atomic E-state index is 0.0342. The minimum Gasteiger partial charge on any atom is -0.358 e. The van der Waals surface area contributed by atoms with E-state index in [1.54, 1.807) is 17.9 Å². The van der Waals surface area contributed by atoms with Gasteiger partial charge in [0, 0.05) is 17.6 Å². The molecule has 0 spiro atoms. The number of rotatable bonds is 3. The van der Waals surface area contributed by atoms with Gasteiger partial charge in [-0.15, -0.1) is 0 Å². The number of carbonyl (C=O) groups excluding carboxylic acids is 1. The molecule has 2 aromatic carbocycles. The fourth-order valence-electron chi connectivity index (χ4n) is 3.21. The van der Waals surface area contributed by atoms with E-state index in [0.717, 1.165) is 12.1 Å². The molecule has 0 saturated heterocycles. The molecule has 1 N–H and O–H groups in total. The zero-order valence-corrected chi connectivity index (χ0v) is 13.7. The van der Waals surface area contributed by atoms with Crippen LogP contribution in [0.5, 0.6) is 0 Å². The summed E-state index contributed by atoms with van der Waals surface area (Å²) in [5, 5.41) is 3.67. The fourth-order valence-corrected chi connectivity index (χ4v) is 3.21. The van der Waals surface area contributed by atoms with Gasteiger partial charge in [-0.2, -0.15) is 0 Å². The van der Waals surface area contributed by atoms with Crippen molar-refractivity contribution in [2.24, 2.45) is 0 Å². The second-order valence-electron chi connectivity index (χ2n) is 6.12. The normalized spacial score (nSPS) is 14.4. The predicted octanol–water partition coefficient (Wildman–Crippen LogP) is 3.16. The van der Waals surface area contributed by atoms with Crippen molar-refractivity contribution in [3.05, 3.63) is 60.2 Å². The predicted molar refractivity (Wildman–Crippen MR) is 95.1 cm³/mol. The Labute approximate surface area is 144 Å². The molecule has 5 nitrogen and oxygen atoms in total. The molecule has 2 heterocycles. The van der Waals surface area contributed by atoms with Crippen LogP contribution in [0.3, 0.4) is 0 Å². The number of anilines is 2. The third kappa shape index (κ3) is 2.80. The number of benzene rings is 2. The van der Waals surface area contributed by atoms with Crippen molar-refractivity contribution in [1.29, 1.82) is 0 Å². The number of hydrogen-bond acceptors (Lipinski definition) is 4. The van der Waals surface area contributed by atoms with E-state index in [9.17, 15) is 9.18 Å². The summed E-state index contributed by atoms with van der Waals surface area (Å²) in [5.74, 6) is 0.0590. The number of para-hydroxylation sites is 1. The van der Waals surface area contributed by atoms with Crippen LogP contribution >= 0.6 is 0 Å². The Hall–Kier alpha value is -3.02. The second-order valence-corrected chi connectivity index (χ2v) is 6.12. The minimum atomic E-state index is -0.493. The standard InChI is InChI=1S/C19H17FN4O/c1-12(19(25)24-9-8-13-4-2-3-5-17(13)24)23-18-15-10-14(20)6-7-16(15)21-11-22-18/h2-7,10-12H,8-9H2,1H3,(H,21,22,23). The maximum atomic E-state index is 13.6. The van der Waals surface area contributed by atoms with Gasteiger partial charge in [-0.05, 0) is 43.2 Å². The summed E-state index contributed by atoms with van der Waals surface area (Å²) >= 11 is 0. The number of amides is 1. The SMILES string of the molecule is CC(Nc1ncnc2ccc(F)cc12)C(=O)N1CCc2ccccc21. The largest absolute Gasteiger partial charge is 0.358 e. The van der Waals surface area contributed by atoms with Crippen LogP contribution in [0.1, 0.15) is 12.5 Å². The van der Waals surface area contributed by atoms with E-state index in [2.05, 4.69) is 15.3 Å². The molecular formula is C19H17FN4O. The molecule has 0 bridgehead atoms. The Morgan fingerprint density at radius 1 is 1.24 bits per heavy atom. The summed E-state index contributed by atoms with van der Waals surface area (Å²) in [5.41, 5.74) is 2.77. The van der Waals surface area contributed by atoms with Gasteiger partial charge in [-0.1, -0.05) is 18.2 Å². The van der Waals surface area contributed by atoms with Gasteiger partial charge in [0.1, 0.15) is 24.0 Å². The molecule has 4 rings (SSSR count). The second kappa shape index (κ2) is 6.12. The van der Waals surface area contributed by atoms with Crippen LogP contribution in [0.25, 0.3) is 10.9 Å². The lowest BCUT2D eigenvalue weighted by Crippen LogP contribution is -2.40. The van der Waals surface area contributed by atoms with Crippen LogP contribution < -0.4 is 10.2 Å². The first kappa shape index (κ1) is 15.5. The molecule has 1 aromatic heterocycles. The van der Waals surface area contributed by atoms with Crippen LogP contribution in [-0.2, 0) is 11.2 Å². The van der Waals surface area contributed by atoms with Gasteiger partial charge in [-0.3, -0.25) is 4.79 Å². The lowest BCUT2D eigenvalue weighted by Gasteiger charge is -2.23. The first-order chi connectivity index (χ1) is 12.1. The number of halogens is 1. The van der Waals surface area contributed by atoms with E-state index >= 15 is 0 Å². The van der Waals surface area contributed by atoms with E-state index in [0.29, 0.717) is 23.3 Å². The summed E-state index contributed by atoms with van der Waals surface area (Å²) < 4.78 is 13.6. The average molecular weight is 336 g/mol. The number of carbonyl (C=O) groups is 1. The lowest BCUT2D eigenvalue weighted by atomic mass is 10.2. The van der Waals surface area contributed by atoms with E-state index in [4.69, 9.17) is 0 Å². The molecule has 1 unspecified atom stereocenters. The van der Waals surface area contributed by atoms with E-state index < -0.39 is 6.04 Å². The van der Waals surface area contributed by atoms with Crippen LogP contribution in [0.2, 0.25) is 0 Å². The summed E-state index contributed by atoms with van der Waals surface area (Å²) in [4.78, 5) is 23.0. The monoisotopic (exact) mass is 336 g/mol. The van der Waals surface area contributed by atoms with Gasteiger partial charge in [-0.25, -0.2) is 14.4 Å². The van der Waals surface area contributed by atoms with Crippen LogP contribution in [0.4, 0.5) is 15.9 Å². The van der Waals surface area contributed by atoms with Crippen LogP contribution in [0.15, 0.2) is 48.8 Å². The van der Waals surface area contributed by atoms with Crippen molar-refractivity contribution in [1.82, 2.24) is 9.97 Å². The van der Waals surface area contributed by atoms with Crippen molar-refractivity contribution >= 4 is 28.3 Å². The summed E-state index contributed by atoms with van der Waals surface area (Å²) in [6.45, 7) is 2.46. The molecule has 1 amide bonds. The zero-order valence-electron chi connectivity index (χ0n) is 13.7. The highest BCUT2D eigenvalue weighted by molar-refractivity contribution is 6.01.